The summed E-state index contributed by atoms with van der Waals surface area (Å²) >= 11 is 11.7. The molecule has 1 amide bonds. The Labute approximate surface area is 114 Å². The molecule has 98 valence electrons. The minimum absolute atomic E-state index is 0.0465. The highest BCUT2D eigenvalue weighted by molar-refractivity contribution is 6.35. The molecule has 0 heterocycles. The van der Waals surface area contributed by atoms with Crippen molar-refractivity contribution in [2.24, 2.45) is 0 Å². The van der Waals surface area contributed by atoms with Crippen LogP contribution in [0.1, 0.15) is 0 Å². The summed E-state index contributed by atoms with van der Waals surface area (Å²) in [6, 6.07) is 4.70. The Morgan fingerprint density at radius 1 is 1.33 bits per heavy atom. The molecule has 0 aliphatic heterocycles. The van der Waals surface area contributed by atoms with Crippen molar-refractivity contribution in [1.82, 2.24) is 4.90 Å². The van der Waals surface area contributed by atoms with Crippen LogP contribution in [0.5, 0.6) is 0 Å². The lowest BCUT2D eigenvalue weighted by atomic mass is 10.3. The van der Waals surface area contributed by atoms with Crippen LogP contribution < -0.4 is 5.32 Å². The Morgan fingerprint density at radius 3 is 2.61 bits per heavy atom. The number of anilines is 1. The first-order valence-electron chi connectivity index (χ1n) is 5.03. The standard InChI is InChI=1S/C11H12Cl2N2O3/c1-15(6-11(17)18)5-10(16)14-9-4-7(12)2-3-8(9)13/h2-4H,5-6H2,1H3,(H,14,16)(H,17,18). The Bertz CT molecular complexity index is 466. The van der Waals surface area contributed by atoms with Crippen LogP contribution in [0.3, 0.4) is 0 Å². The van der Waals surface area contributed by atoms with E-state index in [0.717, 1.165) is 0 Å². The van der Waals surface area contributed by atoms with Gasteiger partial charge in [0.1, 0.15) is 0 Å². The summed E-state index contributed by atoms with van der Waals surface area (Å²) in [6.07, 6.45) is 0. The summed E-state index contributed by atoms with van der Waals surface area (Å²) in [6.45, 7) is -0.258. The van der Waals surface area contributed by atoms with Crippen LogP contribution in [-0.2, 0) is 9.59 Å². The van der Waals surface area contributed by atoms with Gasteiger partial charge in [0.05, 0.1) is 23.8 Å². The van der Waals surface area contributed by atoms with Gasteiger partial charge in [0.2, 0.25) is 5.91 Å². The summed E-state index contributed by atoms with van der Waals surface area (Å²) in [5.41, 5.74) is 0.401. The van der Waals surface area contributed by atoms with Crippen LogP contribution in [0.25, 0.3) is 0 Å². The van der Waals surface area contributed by atoms with Crippen LogP contribution >= 0.6 is 23.2 Å². The number of hydrogen-bond acceptors (Lipinski definition) is 3. The minimum atomic E-state index is -0.994. The first kappa shape index (κ1) is 14.8. The predicted molar refractivity (Wildman–Crippen MR) is 70.2 cm³/mol. The average Bonchev–Trinajstić information content (AvgIpc) is 2.21. The number of amides is 1. The second-order valence-electron chi connectivity index (χ2n) is 3.74. The second kappa shape index (κ2) is 6.58. The number of hydrogen-bond donors (Lipinski definition) is 2. The lowest BCUT2D eigenvalue weighted by Gasteiger charge is -2.14. The molecule has 2 N–H and O–H groups in total. The van der Waals surface area contributed by atoms with Crippen molar-refractivity contribution in [1.29, 1.82) is 0 Å². The zero-order valence-corrected chi connectivity index (χ0v) is 11.1. The molecule has 18 heavy (non-hydrogen) atoms. The van der Waals surface area contributed by atoms with Gasteiger partial charge in [-0.25, -0.2) is 0 Å². The molecule has 0 aliphatic carbocycles. The molecule has 0 atom stereocenters. The third kappa shape index (κ3) is 4.91. The highest BCUT2D eigenvalue weighted by atomic mass is 35.5. The number of likely N-dealkylation sites (N-methyl/N-ethyl adjacent to an activating group) is 1. The Hall–Kier alpha value is -1.30. The van der Waals surface area contributed by atoms with Gasteiger partial charge in [-0.1, -0.05) is 23.2 Å². The third-order valence-corrected chi connectivity index (χ3v) is 2.59. The van der Waals surface area contributed by atoms with Crippen molar-refractivity contribution in [2.75, 3.05) is 25.5 Å². The fraction of sp³-hybridized carbons (Fsp3) is 0.273. The van der Waals surface area contributed by atoms with Gasteiger partial charge in [-0.2, -0.15) is 0 Å². The molecule has 1 rings (SSSR count). The maximum absolute atomic E-state index is 11.6. The Morgan fingerprint density at radius 2 is 2.00 bits per heavy atom. The quantitative estimate of drug-likeness (QED) is 0.870. The molecule has 0 saturated carbocycles. The van der Waals surface area contributed by atoms with E-state index >= 15 is 0 Å². The third-order valence-electron chi connectivity index (χ3n) is 2.02. The predicted octanol–water partition coefficient (Wildman–Crippen LogP) is 1.95. The summed E-state index contributed by atoms with van der Waals surface area (Å²) in [5.74, 6) is -1.35. The minimum Gasteiger partial charge on any atom is -0.480 e. The van der Waals surface area contributed by atoms with Gasteiger partial charge in [0, 0.05) is 5.02 Å². The largest absolute Gasteiger partial charge is 0.480 e. The first-order valence-corrected chi connectivity index (χ1v) is 5.79. The molecule has 0 aromatic heterocycles. The van der Waals surface area contributed by atoms with Crippen LogP contribution in [0.4, 0.5) is 5.69 Å². The maximum atomic E-state index is 11.6. The molecule has 0 aliphatic rings. The van der Waals surface area contributed by atoms with Gasteiger partial charge in [0.25, 0.3) is 0 Å². The van der Waals surface area contributed by atoms with Gasteiger partial charge in [-0.15, -0.1) is 0 Å². The number of nitrogens with zero attached hydrogens (tertiary/aromatic N) is 1. The van der Waals surface area contributed by atoms with E-state index in [0.29, 0.717) is 15.7 Å². The molecule has 1 aromatic carbocycles. The van der Waals surface area contributed by atoms with Gasteiger partial charge in [0.15, 0.2) is 0 Å². The monoisotopic (exact) mass is 290 g/mol. The van der Waals surface area contributed by atoms with Crippen LogP contribution in [0.2, 0.25) is 10.0 Å². The number of rotatable bonds is 5. The second-order valence-corrected chi connectivity index (χ2v) is 4.58. The molecular formula is C11H12Cl2N2O3. The number of benzene rings is 1. The van der Waals surface area contributed by atoms with Gasteiger partial charge in [-0.05, 0) is 25.2 Å². The van der Waals surface area contributed by atoms with Gasteiger partial charge >= 0.3 is 5.97 Å². The zero-order valence-electron chi connectivity index (χ0n) is 9.61. The molecule has 1 aromatic rings. The molecule has 0 saturated heterocycles. The Kier molecular flexibility index (Phi) is 5.40. The number of carboxylic acids is 1. The summed E-state index contributed by atoms with van der Waals surface area (Å²) in [5, 5.41) is 11.9. The zero-order chi connectivity index (χ0) is 13.7. The van der Waals surface area contributed by atoms with E-state index in [-0.39, 0.29) is 19.0 Å². The van der Waals surface area contributed by atoms with E-state index in [2.05, 4.69) is 5.32 Å². The van der Waals surface area contributed by atoms with Crippen molar-refractivity contribution in [3.8, 4) is 0 Å². The number of halogens is 2. The SMILES string of the molecule is CN(CC(=O)O)CC(=O)Nc1cc(Cl)ccc1Cl. The molecule has 0 spiro atoms. The van der Waals surface area contributed by atoms with E-state index in [4.69, 9.17) is 28.3 Å². The summed E-state index contributed by atoms with van der Waals surface area (Å²) in [7, 11) is 1.53. The molecule has 0 unspecified atom stereocenters. The van der Waals surface area contributed by atoms with E-state index < -0.39 is 5.97 Å². The number of nitrogens with one attached hydrogen (secondary N) is 1. The molecule has 0 bridgehead atoms. The molecule has 7 heteroatoms. The lowest BCUT2D eigenvalue weighted by molar-refractivity contribution is -0.138. The van der Waals surface area contributed by atoms with E-state index in [1.807, 2.05) is 0 Å². The lowest BCUT2D eigenvalue weighted by Crippen LogP contribution is -2.33. The molecule has 0 radical (unpaired) electrons. The maximum Gasteiger partial charge on any atom is 0.317 e. The van der Waals surface area contributed by atoms with Crippen LogP contribution in [-0.4, -0.2) is 42.0 Å². The molecule has 5 nitrogen and oxygen atoms in total. The highest BCUT2D eigenvalue weighted by Gasteiger charge is 2.11. The molecular weight excluding hydrogens is 279 g/mol. The topological polar surface area (TPSA) is 69.6 Å². The average molecular weight is 291 g/mol. The van der Waals surface area contributed by atoms with Gasteiger partial charge in [-0.3, -0.25) is 14.5 Å². The normalized spacial score (nSPS) is 10.4. The van der Waals surface area contributed by atoms with Crippen molar-refractivity contribution in [3.63, 3.8) is 0 Å². The van der Waals surface area contributed by atoms with Crippen molar-refractivity contribution < 1.29 is 14.7 Å². The fourth-order valence-electron chi connectivity index (χ4n) is 1.31. The van der Waals surface area contributed by atoms with E-state index in [9.17, 15) is 9.59 Å². The number of carboxylic acid groups (broad SMARTS) is 1. The highest BCUT2D eigenvalue weighted by Crippen LogP contribution is 2.25. The van der Waals surface area contributed by atoms with Crippen molar-refractivity contribution >= 4 is 40.8 Å². The Balaban J connectivity index is 2.59. The number of carbonyl (C=O) groups is 2. The number of aliphatic carboxylic acids is 1. The summed E-state index contributed by atoms with van der Waals surface area (Å²) in [4.78, 5) is 23.4. The molecule has 0 fully saturated rings. The smallest absolute Gasteiger partial charge is 0.317 e. The van der Waals surface area contributed by atoms with Crippen LogP contribution in [0.15, 0.2) is 18.2 Å². The van der Waals surface area contributed by atoms with Gasteiger partial charge < -0.3 is 10.4 Å². The first-order chi connectivity index (χ1) is 8.38. The van der Waals surface area contributed by atoms with E-state index in [1.54, 1.807) is 12.1 Å². The van der Waals surface area contributed by atoms with Crippen molar-refractivity contribution in [2.45, 2.75) is 0 Å². The fourth-order valence-corrected chi connectivity index (χ4v) is 1.65. The number of carbonyl (C=O) groups excluding carboxylic acids is 1. The van der Waals surface area contributed by atoms with E-state index in [1.165, 1.54) is 18.0 Å². The summed E-state index contributed by atoms with van der Waals surface area (Å²) < 4.78 is 0. The van der Waals surface area contributed by atoms with Crippen molar-refractivity contribution in [3.05, 3.63) is 28.2 Å². The van der Waals surface area contributed by atoms with Crippen LogP contribution in [0, 0.1) is 0 Å².